The topological polar surface area (TPSA) is 65.1 Å². The molecule has 1 aliphatic rings. The molecule has 0 aliphatic carbocycles. The smallest absolute Gasteiger partial charge is 0.274 e. The molecule has 3 aromatic rings. The molecule has 8 heteroatoms. The lowest BCUT2D eigenvalue weighted by molar-refractivity contribution is 0.626. The van der Waals surface area contributed by atoms with Gasteiger partial charge in [0, 0.05) is 43.3 Å². The molecule has 6 nitrogen and oxygen atoms in total. The largest absolute Gasteiger partial charge is 0.368 e. The third-order valence-electron chi connectivity index (χ3n) is 4.79. The van der Waals surface area contributed by atoms with Crippen LogP contribution in [0, 0.1) is 5.82 Å². The summed E-state index contributed by atoms with van der Waals surface area (Å²) in [4.78, 5) is 19.5. The Kier molecular flexibility index (Phi) is 5.25. The standard InChI is InChI=1S/C20H19ClFN5O/c21-15-2-1-3-17(13-15)26-8-10-27(11-9-26)20-23-19(28)18(24-25-20)12-14-4-6-16(22)7-5-14/h1-7,13H,8-12H2,(H,23,25,28). The van der Waals surface area contributed by atoms with Crippen molar-refractivity contribution in [3.63, 3.8) is 0 Å². The fourth-order valence-electron chi connectivity index (χ4n) is 3.25. The normalized spacial score (nSPS) is 14.4. The maximum absolute atomic E-state index is 13.0. The zero-order valence-electron chi connectivity index (χ0n) is 15.1. The van der Waals surface area contributed by atoms with Gasteiger partial charge in [0.25, 0.3) is 5.56 Å². The lowest BCUT2D eigenvalue weighted by Gasteiger charge is -2.36. The van der Waals surface area contributed by atoms with Crippen LogP contribution in [0.5, 0.6) is 0 Å². The molecule has 1 N–H and O–H groups in total. The summed E-state index contributed by atoms with van der Waals surface area (Å²) in [5.41, 5.74) is 1.94. The minimum absolute atomic E-state index is 0.272. The van der Waals surface area contributed by atoms with Crippen LogP contribution in [0.3, 0.4) is 0 Å². The minimum Gasteiger partial charge on any atom is -0.368 e. The monoisotopic (exact) mass is 399 g/mol. The number of piperazine rings is 1. The number of anilines is 2. The molecule has 1 fully saturated rings. The number of halogens is 2. The molecule has 0 saturated carbocycles. The molecule has 4 rings (SSSR count). The van der Waals surface area contributed by atoms with E-state index in [9.17, 15) is 9.18 Å². The minimum atomic E-state index is -0.309. The van der Waals surface area contributed by atoms with Gasteiger partial charge in [0.05, 0.1) is 0 Å². The van der Waals surface area contributed by atoms with Gasteiger partial charge < -0.3 is 9.80 Å². The first-order valence-electron chi connectivity index (χ1n) is 9.04. The summed E-state index contributed by atoms with van der Waals surface area (Å²) in [6.45, 7) is 3.02. The van der Waals surface area contributed by atoms with Crippen molar-refractivity contribution >= 4 is 23.2 Å². The molecular weight excluding hydrogens is 381 g/mol. The van der Waals surface area contributed by atoms with E-state index in [1.807, 2.05) is 29.2 Å². The van der Waals surface area contributed by atoms with Crippen LogP contribution in [-0.4, -0.2) is 41.4 Å². The zero-order chi connectivity index (χ0) is 19.5. The Bertz CT molecular complexity index is 1020. The molecule has 2 aromatic carbocycles. The number of nitrogens with zero attached hydrogens (tertiary/aromatic N) is 4. The van der Waals surface area contributed by atoms with Crippen molar-refractivity contribution in [1.82, 2.24) is 15.2 Å². The summed E-state index contributed by atoms with van der Waals surface area (Å²) in [6, 6.07) is 13.8. The summed E-state index contributed by atoms with van der Waals surface area (Å²) in [7, 11) is 0. The number of nitrogens with one attached hydrogen (secondary N) is 1. The molecular formula is C20H19ClFN5O. The van der Waals surface area contributed by atoms with E-state index in [2.05, 4.69) is 20.1 Å². The van der Waals surface area contributed by atoms with Crippen LogP contribution >= 0.6 is 11.6 Å². The van der Waals surface area contributed by atoms with E-state index >= 15 is 0 Å². The summed E-state index contributed by atoms with van der Waals surface area (Å²) in [6.07, 6.45) is 0.311. The average Bonchev–Trinajstić information content (AvgIpc) is 2.71. The highest BCUT2D eigenvalue weighted by Gasteiger charge is 2.20. The van der Waals surface area contributed by atoms with Gasteiger partial charge in [-0.3, -0.25) is 9.78 Å². The lowest BCUT2D eigenvalue weighted by atomic mass is 10.1. The molecule has 0 atom stereocenters. The zero-order valence-corrected chi connectivity index (χ0v) is 15.9. The van der Waals surface area contributed by atoms with Crippen molar-refractivity contribution in [3.05, 3.63) is 81.0 Å². The molecule has 1 aliphatic heterocycles. The highest BCUT2D eigenvalue weighted by molar-refractivity contribution is 6.30. The van der Waals surface area contributed by atoms with Crippen LogP contribution in [0.1, 0.15) is 11.3 Å². The predicted molar refractivity (Wildman–Crippen MR) is 108 cm³/mol. The number of H-pyrrole nitrogens is 1. The van der Waals surface area contributed by atoms with Gasteiger partial charge in [-0.1, -0.05) is 29.8 Å². The fraction of sp³-hybridized carbons (Fsp3) is 0.250. The number of aromatic amines is 1. The Morgan fingerprint density at radius 2 is 1.71 bits per heavy atom. The van der Waals surface area contributed by atoms with Crippen molar-refractivity contribution in [2.75, 3.05) is 36.0 Å². The maximum atomic E-state index is 13.0. The first-order valence-corrected chi connectivity index (χ1v) is 9.42. The molecule has 1 aromatic heterocycles. The number of benzene rings is 2. The summed E-state index contributed by atoms with van der Waals surface area (Å²) < 4.78 is 13.0. The molecule has 2 heterocycles. The van der Waals surface area contributed by atoms with Crippen LogP contribution in [-0.2, 0) is 6.42 Å². The van der Waals surface area contributed by atoms with Gasteiger partial charge in [0.1, 0.15) is 11.5 Å². The molecule has 0 spiro atoms. The number of hydrogen-bond acceptors (Lipinski definition) is 5. The van der Waals surface area contributed by atoms with Gasteiger partial charge in [-0.2, -0.15) is 0 Å². The third-order valence-corrected chi connectivity index (χ3v) is 5.03. The molecule has 0 bridgehead atoms. The SMILES string of the molecule is O=c1[nH]c(N2CCN(c3cccc(Cl)c3)CC2)nnc1Cc1ccc(F)cc1. The fourth-order valence-corrected chi connectivity index (χ4v) is 3.44. The quantitative estimate of drug-likeness (QED) is 0.730. The van der Waals surface area contributed by atoms with Gasteiger partial charge in [-0.05, 0) is 35.9 Å². The first-order chi connectivity index (χ1) is 13.6. The van der Waals surface area contributed by atoms with E-state index in [-0.39, 0.29) is 11.4 Å². The molecule has 0 radical (unpaired) electrons. The lowest BCUT2D eigenvalue weighted by Crippen LogP contribution is -2.47. The number of aromatic nitrogens is 3. The second kappa shape index (κ2) is 7.98. The summed E-state index contributed by atoms with van der Waals surface area (Å²) >= 11 is 6.07. The number of hydrogen-bond donors (Lipinski definition) is 1. The average molecular weight is 400 g/mol. The van der Waals surface area contributed by atoms with E-state index in [4.69, 9.17) is 11.6 Å². The van der Waals surface area contributed by atoms with Gasteiger partial charge in [-0.25, -0.2) is 4.39 Å². The van der Waals surface area contributed by atoms with Gasteiger partial charge in [0.15, 0.2) is 0 Å². The number of rotatable bonds is 4. The molecule has 0 unspecified atom stereocenters. The van der Waals surface area contributed by atoms with Crippen LogP contribution in [0.25, 0.3) is 0 Å². The van der Waals surface area contributed by atoms with Gasteiger partial charge in [-0.15, -0.1) is 10.2 Å². The van der Waals surface area contributed by atoms with Crippen molar-refractivity contribution < 1.29 is 4.39 Å². The molecule has 0 amide bonds. The van der Waals surface area contributed by atoms with E-state index in [1.165, 1.54) is 12.1 Å². The van der Waals surface area contributed by atoms with Gasteiger partial charge in [0.2, 0.25) is 5.95 Å². The van der Waals surface area contributed by atoms with Crippen LogP contribution in [0.2, 0.25) is 5.02 Å². The predicted octanol–water partition coefficient (Wildman–Crippen LogP) is 2.87. The molecule has 144 valence electrons. The Balaban J connectivity index is 1.42. The van der Waals surface area contributed by atoms with Crippen LogP contribution in [0.15, 0.2) is 53.3 Å². The van der Waals surface area contributed by atoms with E-state index in [0.717, 1.165) is 24.3 Å². The van der Waals surface area contributed by atoms with Crippen LogP contribution < -0.4 is 15.4 Å². The highest BCUT2D eigenvalue weighted by atomic mass is 35.5. The van der Waals surface area contributed by atoms with E-state index in [0.29, 0.717) is 36.2 Å². The van der Waals surface area contributed by atoms with E-state index in [1.54, 1.807) is 12.1 Å². The second-order valence-electron chi connectivity index (χ2n) is 6.68. The first kappa shape index (κ1) is 18.4. The Labute approximate surface area is 166 Å². The summed E-state index contributed by atoms with van der Waals surface area (Å²) in [5, 5.41) is 9.01. The molecule has 1 saturated heterocycles. The van der Waals surface area contributed by atoms with Crippen LogP contribution in [0.4, 0.5) is 16.0 Å². The van der Waals surface area contributed by atoms with E-state index < -0.39 is 0 Å². The summed E-state index contributed by atoms with van der Waals surface area (Å²) in [5.74, 6) is 0.162. The van der Waals surface area contributed by atoms with Crippen molar-refractivity contribution in [1.29, 1.82) is 0 Å². The molecule has 28 heavy (non-hydrogen) atoms. The second-order valence-corrected chi connectivity index (χ2v) is 7.12. The Morgan fingerprint density at radius 1 is 1.00 bits per heavy atom. The Hall–Kier alpha value is -2.93. The van der Waals surface area contributed by atoms with Crippen molar-refractivity contribution in [3.8, 4) is 0 Å². The van der Waals surface area contributed by atoms with Crippen molar-refractivity contribution in [2.24, 2.45) is 0 Å². The maximum Gasteiger partial charge on any atom is 0.274 e. The Morgan fingerprint density at radius 3 is 2.39 bits per heavy atom. The highest BCUT2D eigenvalue weighted by Crippen LogP contribution is 2.21. The third kappa shape index (κ3) is 4.14. The van der Waals surface area contributed by atoms with Crippen molar-refractivity contribution in [2.45, 2.75) is 6.42 Å². The van der Waals surface area contributed by atoms with Gasteiger partial charge >= 0.3 is 0 Å².